The number of halogens is 2. The molecule has 0 radical (unpaired) electrons. The van der Waals surface area contributed by atoms with Gasteiger partial charge in [0.05, 0.1) is 0 Å². The van der Waals surface area contributed by atoms with Gasteiger partial charge in [0.2, 0.25) is 0 Å². The van der Waals surface area contributed by atoms with Crippen LogP contribution in [0.4, 0.5) is 0 Å². The molecule has 0 unspecified atom stereocenters. The van der Waals surface area contributed by atoms with Gasteiger partial charge in [-0.25, -0.2) is 0 Å². The summed E-state index contributed by atoms with van der Waals surface area (Å²) in [4.78, 5) is 0. The summed E-state index contributed by atoms with van der Waals surface area (Å²) >= 11 is 7.36. The van der Waals surface area contributed by atoms with Gasteiger partial charge in [0, 0.05) is 10.7 Å². The highest BCUT2D eigenvalue weighted by molar-refractivity contribution is 9.09. The fourth-order valence-corrected chi connectivity index (χ4v) is 3.87. The van der Waals surface area contributed by atoms with E-state index in [9.17, 15) is 0 Å². The normalized spacial score (nSPS) is 11.7. The van der Waals surface area contributed by atoms with Gasteiger partial charge in [0.15, 0.2) is 0 Å². The topological polar surface area (TPSA) is 0 Å². The van der Waals surface area contributed by atoms with E-state index in [1.165, 1.54) is 27.8 Å². The highest BCUT2D eigenvalue weighted by Crippen LogP contribution is 2.36. The molecule has 0 fully saturated rings. The summed E-state index contributed by atoms with van der Waals surface area (Å²) in [6.45, 7) is 6.82. The zero-order valence-electron chi connectivity index (χ0n) is 12.2. The lowest BCUT2D eigenvalue weighted by atomic mass is 9.81. The van der Waals surface area contributed by atoms with Crippen LogP contribution in [0, 0.1) is 0 Å². The Kier molecular flexibility index (Phi) is 5.09. The van der Waals surface area contributed by atoms with Crippen molar-refractivity contribution in [3.8, 4) is 11.1 Å². The summed E-state index contributed by atoms with van der Waals surface area (Å²) in [7, 11) is 0. The minimum Gasteiger partial charge on any atom is -0.0876 e. The van der Waals surface area contributed by atoms with Gasteiger partial charge in [-0.15, -0.1) is 0 Å². The molecule has 0 atom stereocenters. The molecule has 0 aliphatic carbocycles. The standard InChI is InChI=1S/C18H20Br2/c1-18(2,3)17-10-9-14(13-7-5-4-6-8-13)15(11-19)16(17)12-20/h4-10H,11-12H2,1-3H3. The van der Waals surface area contributed by atoms with Gasteiger partial charge in [0.25, 0.3) is 0 Å². The second-order valence-corrected chi connectivity index (χ2v) is 7.12. The van der Waals surface area contributed by atoms with E-state index in [1.54, 1.807) is 0 Å². The first kappa shape index (κ1) is 15.8. The van der Waals surface area contributed by atoms with Crippen LogP contribution in [0.3, 0.4) is 0 Å². The summed E-state index contributed by atoms with van der Waals surface area (Å²) in [6, 6.07) is 15.2. The van der Waals surface area contributed by atoms with Crippen molar-refractivity contribution in [3.63, 3.8) is 0 Å². The van der Waals surface area contributed by atoms with Crippen molar-refractivity contribution in [2.45, 2.75) is 36.8 Å². The third-order valence-electron chi connectivity index (χ3n) is 3.59. The Morgan fingerprint density at radius 2 is 1.40 bits per heavy atom. The molecule has 0 nitrogen and oxygen atoms in total. The Hall–Kier alpha value is -0.600. The Bertz CT molecular complexity index is 580. The van der Waals surface area contributed by atoms with Crippen LogP contribution >= 0.6 is 31.9 Å². The van der Waals surface area contributed by atoms with Crippen LogP contribution in [-0.4, -0.2) is 0 Å². The smallest absolute Gasteiger partial charge is 0.0292 e. The second-order valence-electron chi connectivity index (χ2n) is 6.00. The molecule has 20 heavy (non-hydrogen) atoms. The predicted octanol–water partition coefficient (Wildman–Crippen LogP) is 6.44. The van der Waals surface area contributed by atoms with E-state index in [2.05, 4.69) is 95.1 Å². The van der Waals surface area contributed by atoms with Crippen LogP contribution in [0.2, 0.25) is 0 Å². The van der Waals surface area contributed by atoms with E-state index < -0.39 is 0 Å². The fraction of sp³-hybridized carbons (Fsp3) is 0.333. The number of hydrogen-bond acceptors (Lipinski definition) is 0. The average Bonchev–Trinajstić information content (AvgIpc) is 2.45. The molecule has 0 aliphatic heterocycles. The van der Waals surface area contributed by atoms with E-state index >= 15 is 0 Å². The molecule has 0 bridgehead atoms. The molecule has 0 N–H and O–H groups in total. The highest BCUT2D eigenvalue weighted by Gasteiger charge is 2.21. The molecule has 106 valence electrons. The Morgan fingerprint density at radius 3 is 1.90 bits per heavy atom. The molecule has 0 spiro atoms. The minimum atomic E-state index is 0.162. The molecule has 0 aliphatic rings. The van der Waals surface area contributed by atoms with E-state index in [0.717, 1.165) is 10.7 Å². The quantitative estimate of drug-likeness (QED) is 0.524. The maximum absolute atomic E-state index is 3.68. The van der Waals surface area contributed by atoms with Crippen LogP contribution in [0.15, 0.2) is 42.5 Å². The molecule has 0 heterocycles. The summed E-state index contributed by atoms with van der Waals surface area (Å²) in [5, 5.41) is 1.77. The fourth-order valence-electron chi connectivity index (χ4n) is 2.59. The van der Waals surface area contributed by atoms with Crippen molar-refractivity contribution in [1.82, 2.24) is 0 Å². The van der Waals surface area contributed by atoms with Gasteiger partial charge in [-0.1, -0.05) is 95.1 Å². The van der Waals surface area contributed by atoms with Crippen LogP contribution in [-0.2, 0) is 16.1 Å². The van der Waals surface area contributed by atoms with Crippen LogP contribution in [0.25, 0.3) is 11.1 Å². The molecule has 2 aromatic carbocycles. The molecule has 2 heteroatoms. The van der Waals surface area contributed by atoms with Gasteiger partial charge in [-0.05, 0) is 33.2 Å². The SMILES string of the molecule is CC(C)(C)c1ccc(-c2ccccc2)c(CBr)c1CBr. The van der Waals surface area contributed by atoms with Gasteiger partial charge in [0.1, 0.15) is 0 Å². The Balaban J connectivity index is 2.68. The third kappa shape index (κ3) is 3.17. The van der Waals surface area contributed by atoms with Gasteiger partial charge in [-0.2, -0.15) is 0 Å². The van der Waals surface area contributed by atoms with Gasteiger partial charge >= 0.3 is 0 Å². The molecule has 0 amide bonds. The maximum atomic E-state index is 3.68. The van der Waals surface area contributed by atoms with E-state index in [0.29, 0.717) is 0 Å². The van der Waals surface area contributed by atoms with E-state index in [4.69, 9.17) is 0 Å². The lowest BCUT2D eigenvalue weighted by Gasteiger charge is -2.25. The minimum absolute atomic E-state index is 0.162. The van der Waals surface area contributed by atoms with Crippen LogP contribution in [0.1, 0.15) is 37.5 Å². The molecule has 2 aromatic rings. The zero-order chi connectivity index (χ0) is 14.8. The third-order valence-corrected chi connectivity index (χ3v) is 4.71. The Morgan fingerprint density at radius 1 is 0.800 bits per heavy atom. The molecular weight excluding hydrogens is 376 g/mol. The van der Waals surface area contributed by atoms with E-state index in [-0.39, 0.29) is 5.41 Å². The van der Waals surface area contributed by atoms with Gasteiger partial charge in [-0.3, -0.25) is 0 Å². The average molecular weight is 396 g/mol. The number of rotatable bonds is 3. The molecule has 2 rings (SSSR count). The lowest BCUT2D eigenvalue weighted by Crippen LogP contribution is -2.15. The van der Waals surface area contributed by atoms with Crippen molar-refractivity contribution in [1.29, 1.82) is 0 Å². The number of alkyl halides is 2. The monoisotopic (exact) mass is 394 g/mol. The Labute approximate surface area is 138 Å². The zero-order valence-corrected chi connectivity index (χ0v) is 15.4. The van der Waals surface area contributed by atoms with E-state index in [1.807, 2.05) is 0 Å². The second kappa shape index (κ2) is 6.44. The van der Waals surface area contributed by atoms with Crippen LogP contribution < -0.4 is 0 Å². The van der Waals surface area contributed by atoms with Crippen molar-refractivity contribution < 1.29 is 0 Å². The summed E-state index contributed by atoms with van der Waals surface area (Å²) in [5.74, 6) is 0. The highest BCUT2D eigenvalue weighted by atomic mass is 79.9. The first-order valence-electron chi connectivity index (χ1n) is 6.81. The molecular formula is C18H20Br2. The molecule has 0 saturated heterocycles. The van der Waals surface area contributed by atoms with Gasteiger partial charge < -0.3 is 0 Å². The number of benzene rings is 2. The maximum Gasteiger partial charge on any atom is 0.0292 e. The number of hydrogen-bond donors (Lipinski definition) is 0. The van der Waals surface area contributed by atoms with Crippen molar-refractivity contribution in [3.05, 3.63) is 59.2 Å². The first-order valence-corrected chi connectivity index (χ1v) is 9.06. The summed E-state index contributed by atoms with van der Waals surface area (Å²) in [6.07, 6.45) is 0. The summed E-state index contributed by atoms with van der Waals surface area (Å²) in [5.41, 5.74) is 6.99. The summed E-state index contributed by atoms with van der Waals surface area (Å²) < 4.78 is 0. The van der Waals surface area contributed by atoms with Crippen molar-refractivity contribution in [2.75, 3.05) is 0 Å². The largest absolute Gasteiger partial charge is 0.0876 e. The van der Waals surface area contributed by atoms with Crippen molar-refractivity contribution >= 4 is 31.9 Å². The predicted molar refractivity (Wildman–Crippen MR) is 95.8 cm³/mol. The van der Waals surface area contributed by atoms with Crippen molar-refractivity contribution in [2.24, 2.45) is 0 Å². The lowest BCUT2D eigenvalue weighted by molar-refractivity contribution is 0.585. The molecule has 0 aromatic heterocycles. The first-order chi connectivity index (χ1) is 9.49. The molecule has 0 saturated carbocycles. The van der Waals surface area contributed by atoms with Crippen LogP contribution in [0.5, 0.6) is 0 Å².